The maximum atomic E-state index is 12.4. The number of hydrogen-bond donors (Lipinski definition) is 1. The summed E-state index contributed by atoms with van der Waals surface area (Å²) in [7, 11) is 0. The first kappa shape index (κ1) is 19.1. The molecule has 130 valence electrons. The maximum Gasteiger partial charge on any atom is 0.408 e. The molecule has 0 aromatic carbocycles. The fourth-order valence-corrected chi connectivity index (χ4v) is 2.26. The van der Waals surface area contributed by atoms with E-state index in [0.717, 1.165) is 4.90 Å². The molecule has 23 heavy (non-hydrogen) atoms. The lowest BCUT2D eigenvalue weighted by atomic mass is 10.00. The van der Waals surface area contributed by atoms with Gasteiger partial charge in [0.1, 0.15) is 5.60 Å². The van der Waals surface area contributed by atoms with E-state index in [1.165, 1.54) is 0 Å². The molecule has 0 bridgehead atoms. The molecular formula is C16H26N2O5. The van der Waals surface area contributed by atoms with E-state index in [1.54, 1.807) is 20.8 Å². The van der Waals surface area contributed by atoms with Crippen molar-refractivity contribution in [2.24, 2.45) is 5.92 Å². The van der Waals surface area contributed by atoms with Crippen molar-refractivity contribution in [1.29, 1.82) is 0 Å². The number of carbonyl (C=O) groups excluding carboxylic acids is 4. The Morgan fingerprint density at radius 2 is 1.70 bits per heavy atom. The number of imide groups is 1. The molecule has 7 nitrogen and oxygen atoms in total. The van der Waals surface area contributed by atoms with Crippen molar-refractivity contribution >= 4 is 23.7 Å². The minimum Gasteiger partial charge on any atom is -0.444 e. The Morgan fingerprint density at radius 1 is 1.17 bits per heavy atom. The molecule has 0 aromatic heterocycles. The number of alkyl carbamates (subject to hydrolysis) is 1. The molecule has 1 atom stereocenters. The van der Waals surface area contributed by atoms with Gasteiger partial charge in [-0.05, 0) is 33.1 Å². The van der Waals surface area contributed by atoms with Crippen LogP contribution in [0.25, 0.3) is 0 Å². The number of amides is 3. The summed E-state index contributed by atoms with van der Waals surface area (Å²) in [6.45, 7) is 8.73. The summed E-state index contributed by atoms with van der Waals surface area (Å²) in [6.07, 6.45) is 0.00504. The molecule has 1 fully saturated rings. The van der Waals surface area contributed by atoms with E-state index in [4.69, 9.17) is 4.74 Å². The lowest BCUT2D eigenvalue weighted by Gasteiger charge is -2.25. The van der Waals surface area contributed by atoms with Crippen LogP contribution in [0.3, 0.4) is 0 Å². The molecule has 0 spiro atoms. The van der Waals surface area contributed by atoms with Crippen molar-refractivity contribution < 1.29 is 23.9 Å². The molecule has 1 unspecified atom stereocenters. The van der Waals surface area contributed by atoms with Crippen LogP contribution >= 0.6 is 0 Å². The molecule has 1 saturated heterocycles. The van der Waals surface area contributed by atoms with Gasteiger partial charge in [0.15, 0.2) is 5.78 Å². The monoisotopic (exact) mass is 326 g/mol. The molecule has 1 aliphatic heterocycles. The average Bonchev–Trinajstić information content (AvgIpc) is 2.66. The fraction of sp³-hybridized carbons (Fsp3) is 0.750. The van der Waals surface area contributed by atoms with E-state index in [9.17, 15) is 19.2 Å². The number of Topliss-reactive ketones (excluding diaryl/α,β-unsaturated/α-hetero) is 1. The molecule has 1 aliphatic rings. The SMILES string of the molecule is CC(C)CC(NC(=O)OC(C)(C)C)C(=O)CN1C(=O)CCC1=O. The van der Waals surface area contributed by atoms with Crippen LogP contribution in [0.1, 0.15) is 53.9 Å². The zero-order valence-corrected chi connectivity index (χ0v) is 14.5. The Bertz CT molecular complexity index is 477. The minimum absolute atomic E-state index is 0.139. The maximum absolute atomic E-state index is 12.4. The van der Waals surface area contributed by atoms with Gasteiger partial charge in [-0.2, -0.15) is 0 Å². The van der Waals surface area contributed by atoms with Crippen molar-refractivity contribution in [1.82, 2.24) is 10.2 Å². The largest absolute Gasteiger partial charge is 0.444 e. The number of ether oxygens (including phenoxy) is 1. The highest BCUT2D eigenvalue weighted by molar-refractivity contribution is 6.05. The molecule has 0 aliphatic carbocycles. The summed E-state index contributed by atoms with van der Waals surface area (Å²) in [6, 6.07) is -0.786. The van der Waals surface area contributed by atoms with Crippen molar-refractivity contribution in [3.8, 4) is 0 Å². The fourth-order valence-electron chi connectivity index (χ4n) is 2.26. The standard InChI is InChI=1S/C16H26N2O5/c1-10(2)8-11(17-15(22)23-16(3,4)5)12(19)9-18-13(20)6-7-14(18)21/h10-11H,6-9H2,1-5H3,(H,17,22). The second kappa shape index (κ2) is 7.57. The van der Waals surface area contributed by atoms with Gasteiger partial charge >= 0.3 is 6.09 Å². The summed E-state index contributed by atoms with van der Waals surface area (Å²) in [4.78, 5) is 48.5. The lowest BCUT2D eigenvalue weighted by molar-refractivity contribution is -0.142. The number of ketones is 1. The van der Waals surface area contributed by atoms with Crippen molar-refractivity contribution in [2.45, 2.75) is 65.5 Å². The van der Waals surface area contributed by atoms with Crippen LogP contribution in [0, 0.1) is 5.92 Å². The first-order valence-corrected chi connectivity index (χ1v) is 7.85. The van der Waals surface area contributed by atoms with Gasteiger partial charge in [0, 0.05) is 12.8 Å². The third-order valence-corrected chi connectivity index (χ3v) is 3.26. The molecule has 0 radical (unpaired) electrons. The van der Waals surface area contributed by atoms with E-state index in [1.807, 2.05) is 13.8 Å². The molecule has 3 amide bonds. The van der Waals surface area contributed by atoms with Crippen molar-refractivity contribution in [3.05, 3.63) is 0 Å². The Morgan fingerprint density at radius 3 is 2.13 bits per heavy atom. The second-order valence-corrected chi connectivity index (χ2v) is 7.17. The van der Waals surface area contributed by atoms with Crippen LogP contribution < -0.4 is 5.32 Å². The molecule has 0 saturated carbocycles. The van der Waals surface area contributed by atoms with Gasteiger partial charge in [-0.25, -0.2) is 4.79 Å². The molecular weight excluding hydrogens is 300 g/mol. The zero-order chi connectivity index (χ0) is 17.8. The predicted molar refractivity (Wildman–Crippen MR) is 83.6 cm³/mol. The van der Waals surface area contributed by atoms with Crippen molar-refractivity contribution in [2.75, 3.05) is 6.54 Å². The lowest BCUT2D eigenvalue weighted by Crippen LogP contribution is -2.48. The Labute approximate surface area is 136 Å². The molecule has 1 N–H and O–H groups in total. The third kappa shape index (κ3) is 6.38. The summed E-state index contributed by atoms with van der Waals surface area (Å²) < 4.78 is 5.16. The molecule has 1 heterocycles. The second-order valence-electron chi connectivity index (χ2n) is 7.17. The van der Waals surface area contributed by atoms with Crippen LogP contribution in [0.15, 0.2) is 0 Å². The van der Waals surface area contributed by atoms with E-state index in [0.29, 0.717) is 6.42 Å². The van der Waals surface area contributed by atoms with Crippen LogP contribution in [0.5, 0.6) is 0 Å². The number of nitrogens with one attached hydrogen (secondary N) is 1. The van der Waals surface area contributed by atoms with E-state index in [2.05, 4.69) is 5.32 Å². The van der Waals surface area contributed by atoms with Gasteiger partial charge in [-0.15, -0.1) is 0 Å². The number of carbonyl (C=O) groups is 4. The van der Waals surface area contributed by atoms with E-state index in [-0.39, 0.29) is 42.9 Å². The number of rotatable bonds is 6. The first-order valence-electron chi connectivity index (χ1n) is 7.85. The van der Waals surface area contributed by atoms with Gasteiger partial charge in [0.2, 0.25) is 11.8 Å². The van der Waals surface area contributed by atoms with Gasteiger partial charge < -0.3 is 10.1 Å². The van der Waals surface area contributed by atoms with Crippen LogP contribution in [-0.2, 0) is 19.1 Å². The van der Waals surface area contributed by atoms with Gasteiger partial charge in [0.05, 0.1) is 12.6 Å². The molecule has 1 rings (SSSR count). The Kier molecular flexibility index (Phi) is 6.29. The van der Waals surface area contributed by atoms with Crippen LogP contribution in [-0.4, -0.2) is 46.8 Å². The van der Waals surface area contributed by atoms with Crippen molar-refractivity contribution in [3.63, 3.8) is 0 Å². The normalized spacial score (nSPS) is 16.7. The number of hydrogen-bond acceptors (Lipinski definition) is 5. The highest BCUT2D eigenvalue weighted by atomic mass is 16.6. The Balaban J connectivity index is 2.72. The van der Waals surface area contributed by atoms with Gasteiger partial charge in [-0.1, -0.05) is 13.8 Å². The Hall–Kier alpha value is -1.92. The number of nitrogens with zero attached hydrogens (tertiary/aromatic N) is 1. The molecule has 0 aromatic rings. The van der Waals surface area contributed by atoms with E-state index < -0.39 is 17.7 Å². The van der Waals surface area contributed by atoms with Crippen LogP contribution in [0.2, 0.25) is 0 Å². The quantitative estimate of drug-likeness (QED) is 0.749. The highest BCUT2D eigenvalue weighted by Gasteiger charge is 2.33. The molecule has 7 heteroatoms. The topological polar surface area (TPSA) is 92.8 Å². The van der Waals surface area contributed by atoms with E-state index >= 15 is 0 Å². The van der Waals surface area contributed by atoms with Gasteiger partial charge in [-0.3, -0.25) is 19.3 Å². The third-order valence-electron chi connectivity index (χ3n) is 3.26. The summed E-state index contributed by atoms with van der Waals surface area (Å²) in [5.74, 6) is -0.898. The predicted octanol–water partition coefficient (Wildman–Crippen LogP) is 1.64. The smallest absolute Gasteiger partial charge is 0.408 e. The first-order chi connectivity index (χ1) is 10.5. The highest BCUT2D eigenvalue weighted by Crippen LogP contribution is 2.14. The van der Waals surface area contributed by atoms with Gasteiger partial charge in [0.25, 0.3) is 0 Å². The number of likely N-dealkylation sites (tertiary alicyclic amines) is 1. The average molecular weight is 326 g/mol. The summed E-state index contributed by atoms with van der Waals surface area (Å²) in [5.41, 5.74) is -0.670. The zero-order valence-electron chi connectivity index (χ0n) is 14.5. The summed E-state index contributed by atoms with van der Waals surface area (Å²) >= 11 is 0. The van der Waals surface area contributed by atoms with Crippen LogP contribution in [0.4, 0.5) is 4.79 Å². The minimum atomic E-state index is -0.786. The summed E-state index contributed by atoms with van der Waals surface area (Å²) in [5, 5.41) is 2.55.